The molecular formula is C15H13Cl2NO4S. The number of halogens is 2. The van der Waals surface area contributed by atoms with Gasteiger partial charge in [0.2, 0.25) is 10.0 Å². The van der Waals surface area contributed by atoms with Crippen LogP contribution in [0.25, 0.3) is 0 Å². The second-order valence-corrected chi connectivity index (χ2v) is 7.13. The molecule has 0 amide bonds. The van der Waals surface area contributed by atoms with Crippen molar-refractivity contribution >= 4 is 39.2 Å². The van der Waals surface area contributed by atoms with Crippen LogP contribution in [0.5, 0.6) is 0 Å². The summed E-state index contributed by atoms with van der Waals surface area (Å²) in [5.41, 5.74) is 0.813. The van der Waals surface area contributed by atoms with E-state index >= 15 is 0 Å². The van der Waals surface area contributed by atoms with Crippen LogP contribution in [0.4, 0.5) is 0 Å². The molecular weight excluding hydrogens is 361 g/mol. The van der Waals surface area contributed by atoms with E-state index in [-0.39, 0.29) is 21.5 Å². The minimum Gasteiger partial charge on any atom is -0.460 e. The van der Waals surface area contributed by atoms with Crippen LogP contribution in [0.3, 0.4) is 0 Å². The number of hydrogen-bond acceptors (Lipinski definition) is 4. The lowest BCUT2D eigenvalue weighted by Crippen LogP contribution is -2.30. The average Bonchev–Trinajstić information content (AvgIpc) is 2.54. The third-order valence-corrected chi connectivity index (χ3v) is 4.99. The van der Waals surface area contributed by atoms with E-state index in [0.717, 1.165) is 5.56 Å². The van der Waals surface area contributed by atoms with Gasteiger partial charge in [0.25, 0.3) is 0 Å². The Morgan fingerprint density at radius 1 is 1.04 bits per heavy atom. The Morgan fingerprint density at radius 3 is 2.39 bits per heavy atom. The fourth-order valence-electron chi connectivity index (χ4n) is 1.67. The number of nitrogens with one attached hydrogen (secondary N) is 1. The Kier molecular flexibility index (Phi) is 6.01. The molecule has 2 rings (SSSR count). The first-order valence-electron chi connectivity index (χ1n) is 6.53. The quantitative estimate of drug-likeness (QED) is 0.789. The van der Waals surface area contributed by atoms with E-state index in [1.54, 1.807) is 12.1 Å². The maximum absolute atomic E-state index is 12.1. The van der Waals surface area contributed by atoms with Crippen molar-refractivity contribution in [2.45, 2.75) is 11.5 Å². The lowest BCUT2D eigenvalue weighted by Gasteiger charge is -2.08. The highest BCUT2D eigenvalue weighted by Gasteiger charge is 2.17. The summed E-state index contributed by atoms with van der Waals surface area (Å²) in [6.07, 6.45) is 0. The van der Waals surface area contributed by atoms with Crippen LogP contribution in [0.1, 0.15) is 5.56 Å². The summed E-state index contributed by atoms with van der Waals surface area (Å²) >= 11 is 11.5. The van der Waals surface area contributed by atoms with Crippen LogP contribution in [-0.2, 0) is 26.2 Å². The van der Waals surface area contributed by atoms with Crippen LogP contribution < -0.4 is 4.72 Å². The number of benzene rings is 2. The maximum Gasteiger partial charge on any atom is 0.321 e. The SMILES string of the molecule is O=C(CNS(=O)(=O)c1ccc(Cl)c(Cl)c1)OCc1ccccc1. The van der Waals surface area contributed by atoms with Gasteiger partial charge in [-0.2, -0.15) is 4.72 Å². The van der Waals surface area contributed by atoms with Crippen molar-refractivity contribution in [3.8, 4) is 0 Å². The molecule has 0 heterocycles. The highest BCUT2D eigenvalue weighted by Crippen LogP contribution is 2.24. The van der Waals surface area contributed by atoms with E-state index in [4.69, 9.17) is 27.9 Å². The van der Waals surface area contributed by atoms with Crippen LogP contribution in [0.2, 0.25) is 10.0 Å². The standard InChI is InChI=1S/C15H13Cl2NO4S/c16-13-7-6-12(8-14(13)17)23(20,21)18-9-15(19)22-10-11-4-2-1-3-5-11/h1-8,18H,9-10H2. The Balaban J connectivity index is 1.91. The van der Waals surface area contributed by atoms with Gasteiger partial charge in [-0.05, 0) is 23.8 Å². The zero-order valence-corrected chi connectivity index (χ0v) is 14.2. The molecule has 1 N–H and O–H groups in total. The van der Waals surface area contributed by atoms with Crippen molar-refractivity contribution in [1.82, 2.24) is 4.72 Å². The fraction of sp³-hybridized carbons (Fsp3) is 0.133. The molecule has 0 radical (unpaired) electrons. The topological polar surface area (TPSA) is 72.5 Å². The lowest BCUT2D eigenvalue weighted by atomic mass is 10.2. The molecule has 0 saturated heterocycles. The predicted molar refractivity (Wildman–Crippen MR) is 87.9 cm³/mol. The number of hydrogen-bond donors (Lipinski definition) is 1. The van der Waals surface area contributed by atoms with Crippen molar-refractivity contribution in [2.75, 3.05) is 6.54 Å². The van der Waals surface area contributed by atoms with E-state index in [9.17, 15) is 13.2 Å². The zero-order valence-electron chi connectivity index (χ0n) is 11.8. The van der Waals surface area contributed by atoms with Gasteiger partial charge in [0.1, 0.15) is 13.2 Å². The van der Waals surface area contributed by atoms with Crippen molar-refractivity contribution < 1.29 is 17.9 Å². The van der Waals surface area contributed by atoms with Crippen molar-refractivity contribution in [3.63, 3.8) is 0 Å². The molecule has 122 valence electrons. The number of rotatable bonds is 6. The number of carbonyl (C=O) groups excluding carboxylic acids is 1. The number of esters is 1. The first kappa shape index (κ1) is 17.7. The number of carbonyl (C=O) groups is 1. The van der Waals surface area contributed by atoms with Gasteiger partial charge in [-0.15, -0.1) is 0 Å². The van der Waals surface area contributed by atoms with Crippen LogP contribution in [-0.4, -0.2) is 20.9 Å². The first-order valence-corrected chi connectivity index (χ1v) is 8.76. The summed E-state index contributed by atoms with van der Waals surface area (Å²) in [5.74, 6) is -0.683. The van der Waals surface area contributed by atoms with Gasteiger partial charge in [0, 0.05) is 0 Å². The normalized spacial score (nSPS) is 11.2. The van der Waals surface area contributed by atoms with Crippen molar-refractivity contribution in [3.05, 3.63) is 64.1 Å². The van der Waals surface area contributed by atoms with Gasteiger partial charge in [-0.25, -0.2) is 8.42 Å². The Hall–Kier alpha value is -1.60. The molecule has 8 heteroatoms. The Labute approximate surface area is 144 Å². The fourth-order valence-corrected chi connectivity index (χ4v) is 3.03. The molecule has 0 unspecified atom stereocenters. The summed E-state index contributed by atoms with van der Waals surface area (Å²) in [4.78, 5) is 11.5. The third kappa shape index (κ3) is 5.21. The van der Waals surface area contributed by atoms with Crippen molar-refractivity contribution in [2.24, 2.45) is 0 Å². The van der Waals surface area contributed by atoms with Crippen molar-refractivity contribution in [1.29, 1.82) is 0 Å². The minimum absolute atomic E-state index is 0.0776. The molecule has 0 fully saturated rings. The molecule has 2 aromatic carbocycles. The van der Waals surface area contributed by atoms with Gasteiger partial charge < -0.3 is 4.74 Å². The molecule has 23 heavy (non-hydrogen) atoms. The molecule has 0 aliphatic carbocycles. The zero-order chi connectivity index (χ0) is 16.9. The van der Waals surface area contributed by atoms with Gasteiger partial charge >= 0.3 is 5.97 Å². The molecule has 2 aromatic rings. The van der Waals surface area contributed by atoms with E-state index in [1.165, 1.54) is 18.2 Å². The Morgan fingerprint density at radius 2 is 1.74 bits per heavy atom. The molecule has 0 aliphatic rings. The number of sulfonamides is 1. The van der Waals surface area contributed by atoms with Crippen LogP contribution in [0, 0.1) is 0 Å². The molecule has 5 nitrogen and oxygen atoms in total. The van der Waals surface area contributed by atoms with Crippen LogP contribution in [0.15, 0.2) is 53.4 Å². The van der Waals surface area contributed by atoms with Gasteiger partial charge in [-0.1, -0.05) is 53.5 Å². The molecule has 0 atom stereocenters. The predicted octanol–water partition coefficient (Wildman–Crippen LogP) is 3.02. The van der Waals surface area contributed by atoms with E-state index in [0.29, 0.717) is 0 Å². The maximum atomic E-state index is 12.1. The highest BCUT2D eigenvalue weighted by molar-refractivity contribution is 7.89. The third-order valence-electron chi connectivity index (χ3n) is 2.85. The van der Waals surface area contributed by atoms with E-state index in [2.05, 4.69) is 4.72 Å². The smallest absolute Gasteiger partial charge is 0.321 e. The summed E-state index contributed by atoms with van der Waals surface area (Å²) < 4.78 is 31.3. The highest BCUT2D eigenvalue weighted by atomic mass is 35.5. The molecule has 0 spiro atoms. The second-order valence-electron chi connectivity index (χ2n) is 4.55. The first-order chi connectivity index (χ1) is 10.9. The molecule has 0 aliphatic heterocycles. The molecule has 0 bridgehead atoms. The van der Waals surface area contributed by atoms with Gasteiger partial charge in [0.15, 0.2) is 0 Å². The average molecular weight is 374 g/mol. The lowest BCUT2D eigenvalue weighted by molar-refractivity contribution is -0.143. The van der Waals surface area contributed by atoms with Gasteiger partial charge in [-0.3, -0.25) is 4.79 Å². The molecule has 0 saturated carbocycles. The monoisotopic (exact) mass is 373 g/mol. The number of ether oxygens (including phenoxy) is 1. The van der Waals surface area contributed by atoms with E-state index in [1.807, 2.05) is 18.2 Å². The summed E-state index contributed by atoms with van der Waals surface area (Å²) in [7, 11) is -3.87. The summed E-state index contributed by atoms with van der Waals surface area (Å²) in [6, 6.07) is 12.9. The van der Waals surface area contributed by atoms with Gasteiger partial charge in [0.05, 0.1) is 14.9 Å². The summed E-state index contributed by atoms with van der Waals surface area (Å²) in [5, 5.41) is 0.356. The largest absolute Gasteiger partial charge is 0.460 e. The van der Waals surface area contributed by atoms with Crippen LogP contribution >= 0.6 is 23.2 Å². The summed E-state index contributed by atoms with van der Waals surface area (Å²) in [6.45, 7) is -0.399. The minimum atomic E-state index is -3.87. The molecule has 0 aromatic heterocycles. The van der Waals surface area contributed by atoms with E-state index < -0.39 is 22.5 Å². The Bertz CT molecular complexity index is 794. The second kappa shape index (κ2) is 7.79.